The first-order valence-corrected chi connectivity index (χ1v) is 3.10. The lowest BCUT2D eigenvalue weighted by atomic mass is 9.79. The second kappa shape index (κ2) is 3.31. The van der Waals surface area contributed by atoms with Crippen LogP contribution in [0.1, 0.15) is 26.2 Å². The molecular weight excluding hydrogens is 122 g/mol. The van der Waals surface area contributed by atoms with Gasteiger partial charge in [0.1, 0.15) is 0 Å². The van der Waals surface area contributed by atoms with Crippen molar-refractivity contribution in [3.8, 4) is 0 Å². The predicted octanol–water partition coefficient (Wildman–Crippen LogP) is 1.56. The molecule has 0 aromatic heterocycles. The van der Waals surface area contributed by atoms with Crippen LogP contribution in [-0.4, -0.2) is 6.04 Å². The molecule has 2 unspecified atom stereocenters. The Kier molecular flexibility index (Phi) is 3.41. The van der Waals surface area contributed by atoms with Crippen molar-refractivity contribution in [1.29, 1.82) is 0 Å². The van der Waals surface area contributed by atoms with E-state index in [2.05, 4.69) is 6.92 Å². The highest BCUT2D eigenvalue weighted by atomic mass is 35.5. The van der Waals surface area contributed by atoms with E-state index in [0.29, 0.717) is 6.04 Å². The maximum absolute atomic E-state index is 5.63. The monoisotopic (exact) mass is 135 g/mol. The van der Waals surface area contributed by atoms with E-state index in [4.69, 9.17) is 5.73 Å². The summed E-state index contributed by atoms with van der Waals surface area (Å²) in [5, 5.41) is 0. The first kappa shape index (κ1) is 8.25. The summed E-state index contributed by atoms with van der Waals surface area (Å²) < 4.78 is 0. The zero-order valence-electron chi connectivity index (χ0n) is 5.26. The lowest BCUT2D eigenvalue weighted by Crippen LogP contribution is -2.38. The van der Waals surface area contributed by atoms with Crippen LogP contribution in [0.25, 0.3) is 0 Å². The molecule has 50 valence electrons. The number of rotatable bonds is 1. The molecule has 0 radical (unpaired) electrons. The highest BCUT2D eigenvalue weighted by Crippen LogP contribution is 2.27. The van der Waals surface area contributed by atoms with Gasteiger partial charge < -0.3 is 5.73 Å². The molecule has 1 aliphatic carbocycles. The summed E-state index contributed by atoms with van der Waals surface area (Å²) in [5.74, 6) is 0.861. The fraction of sp³-hybridized carbons (Fsp3) is 1.00. The van der Waals surface area contributed by atoms with Crippen molar-refractivity contribution in [2.45, 2.75) is 32.2 Å². The van der Waals surface area contributed by atoms with E-state index in [1.807, 2.05) is 0 Å². The van der Waals surface area contributed by atoms with E-state index in [1.54, 1.807) is 0 Å². The van der Waals surface area contributed by atoms with Gasteiger partial charge in [0.25, 0.3) is 0 Å². The van der Waals surface area contributed by atoms with Gasteiger partial charge in [-0.3, -0.25) is 0 Å². The maximum Gasteiger partial charge on any atom is 0.00671 e. The molecule has 2 N–H and O–H groups in total. The Bertz CT molecular complexity index is 63.5. The van der Waals surface area contributed by atoms with Crippen molar-refractivity contribution in [2.75, 3.05) is 0 Å². The molecule has 0 aliphatic heterocycles. The molecule has 0 spiro atoms. The third-order valence-corrected chi connectivity index (χ3v) is 2.00. The number of halogens is 1. The SMILES string of the molecule is CCC1CCC1N.Cl. The van der Waals surface area contributed by atoms with Gasteiger partial charge in [0, 0.05) is 6.04 Å². The van der Waals surface area contributed by atoms with Gasteiger partial charge in [-0.1, -0.05) is 13.3 Å². The second-order valence-electron chi connectivity index (χ2n) is 2.41. The molecule has 0 aromatic rings. The van der Waals surface area contributed by atoms with E-state index in [1.165, 1.54) is 19.3 Å². The molecular formula is C6H14ClN. The third-order valence-electron chi connectivity index (χ3n) is 2.00. The second-order valence-corrected chi connectivity index (χ2v) is 2.41. The average Bonchev–Trinajstić information content (AvgIpc) is 1.65. The first-order chi connectivity index (χ1) is 3.34. The van der Waals surface area contributed by atoms with Crippen molar-refractivity contribution in [1.82, 2.24) is 0 Å². The van der Waals surface area contributed by atoms with Gasteiger partial charge in [-0.25, -0.2) is 0 Å². The summed E-state index contributed by atoms with van der Waals surface area (Å²) >= 11 is 0. The van der Waals surface area contributed by atoms with Crippen molar-refractivity contribution < 1.29 is 0 Å². The fourth-order valence-corrected chi connectivity index (χ4v) is 1.10. The van der Waals surface area contributed by atoms with E-state index < -0.39 is 0 Å². The summed E-state index contributed by atoms with van der Waals surface area (Å²) in [6.45, 7) is 2.21. The van der Waals surface area contributed by atoms with Gasteiger partial charge >= 0.3 is 0 Å². The predicted molar refractivity (Wildman–Crippen MR) is 38.2 cm³/mol. The first-order valence-electron chi connectivity index (χ1n) is 3.10. The molecule has 0 saturated heterocycles. The summed E-state index contributed by atoms with van der Waals surface area (Å²) in [6.07, 6.45) is 3.91. The largest absolute Gasteiger partial charge is 0.327 e. The van der Waals surface area contributed by atoms with Crippen molar-refractivity contribution in [3.63, 3.8) is 0 Å². The summed E-state index contributed by atoms with van der Waals surface area (Å²) in [6, 6.07) is 0.546. The van der Waals surface area contributed by atoms with E-state index in [-0.39, 0.29) is 12.4 Å². The Labute approximate surface area is 57.1 Å². The van der Waals surface area contributed by atoms with Crippen LogP contribution in [-0.2, 0) is 0 Å². The zero-order chi connectivity index (χ0) is 5.28. The summed E-state index contributed by atoms with van der Waals surface area (Å²) in [7, 11) is 0. The minimum absolute atomic E-state index is 0. The van der Waals surface area contributed by atoms with Gasteiger partial charge in [0.05, 0.1) is 0 Å². The van der Waals surface area contributed by atoms with Crippen LogP contribution in [0.2, 0.25) is 0 Å². The molecule has 1 saturated carbocycles. The molecule has 0 amide bonds. The van der Waals surface area contributed by atoms with Crippen LogP contribution in [0.3, 0.4) is 0 Å². The summed E-state index contributed by atoms with van der Waals surface area (Å²) in [5.41, 5.74) is 5.63. The minimum atomic E-state index is 0. The van der Waals surface area contributed by atoms with E-state index in [9.17, 15) is 0 Å². The van der Waals surface area contributed by atoms with Gasteiger partial charge in [-0.15, -0.1) is 12.4 Å². The topological polar surface area (TPSA) is 26.0 Å². The van der Waals surface area contributed by atoms with Gasteiger partial charge in [-0.2, -0.15) is 0 Å². The zero-order valence-corrected chi connectivity index (χ0v) is 6.08. The molecule has 0 heterocycles. The van der Waals surface area contributed by atoms with E-state index in [0.717, 1.165) is 5.92 Å². The third kappa shape index (κ3) is 1.36. The van der Waals surface area contributed by atoms with Crippen LogP contribution in [0.15, 0.2) is 0 Å². The van der Waals surface area contributed by atoms with Gasteiger partial charge in [-0.05, 0) is 18.8 Å². The van der Waals surface area contributed by atoms with Crippen LogP contribution in [0, 0.1) is 5.92 Å². The van der Waals surface area contributed by atoms with Crippen LogP contribution < -0.4 is 5.73 Å². The number of hydrogen-bond acceptors (Lipinski definition) is 1. The quantitative estimate of drug-likeness (QED) is 0.580. The smallest absolute Gasteiger partial charge is 0.00671 e. The molecule has 0 bridgehead atoms. The normalized spacial score (nSPS) is 35.2. The average molecular weight is 136 g/mol. The van der Waals surface area contributed by atoms with Gasteiger partial charge in [0.15, 0.2) is 0 Å². The minimum Gasteiger partial charge on any atom is -0.327 e. The van der Waals surface area contributed by atoms with Crippen LogP contribution >= 0.6 is 12.4 Å². The lowest BCUT2D eigenvalue weighted by Gasteiger charge is -2.32. The molecule has 1 fully saturated rings. The molecule has 2 atom stereocenters. The summed E-state index contributed by atoms with van der Waals surface area (Å²) in [4.78, 5) is 0. The Balaban J connectivity index is 0.000000490. The van der Waals surface area contributed by atoms with Gasteiger partial charge in [0.2, 0.25) is 0 Å². The Hall–Kier alpha value is 0.250. The molecule has 8 heavy (non-hydrogen) atoms. The van der Waals surface area contributed by atoms with Crippen LogP contribution in [0.5, 0.6) is 0 Å². The molecule has 0 aromatic carbocycles. The Morgan fingerprint density at radius 3 is 2.12 bits per heavy atom. The van der Waals surface area contributed by atoms with Crippen molar-refractivity contribution in [3.05, 3.63) is 0 Å². The molecule has 1 rings (SSSR count). The molecule has 2 heteroatoms. The lowest BCUT2D eigenvalue weighted by molar-refractivity contribution is 0.250. The van der Waals surface area contributed by atoms with Crippen molar-refractivity contribution >= 4 is 12.4 Å². The highest BCUT2D eigenvalue weighted by Gasteiger charge is 2.24. The van der Waals surface area contributed by atoms with Crippen molar-refractivity contribution in [2.24, 2.45) is 11.7 Å². The highest BCUT2D eigenvalue weighted by molar-refractivity contribution is 5.85. The van der Waals surface area contributed by atoms with Crippen LogP contribution in [0.4, 0.5) is 0 Å². The maximum atomic E-state index is 5.63. The van der Waals surface area contributed by atoms with E-state index >= 15 is 0 Å². The fourth-order valence-electron chi connectivity index (χ4n) is 1.10. The number of hydrogen-bond donors (Lipinski definition) is 1. The Morgan fingerprint density at radius 1 is 1.50 bits per heavy atom. The standard InChI is InChI=1S/C6H13N.ClH/c1-2-5-3-4-6(5)7;/h5-6H,2-4,7H2,1H3;1H. The number of nitrogens with two attached hydrogens (primary N) is 1. The molecule has 1 aliphatic rings. The molecule has 1 nitrogen and oxygen atoms in total. The Morgan fingerprint density at radius 2 is 2.12 bits per heavy atom.